The molecule has 2 aliphatic heterocycles. The first kappa shape index (κ1) is 17.8. The number of aromatic nitrogens is 3. The summed E-state index contributed by atoms with van der Waals surface area (Å²) in [5, 5.41) is 12.0. The average Bonchev–Trinajstić information content (AvgIpc) is 3.05. The van der Waals surface area contributed by atoms with Crippen LogP contribution in [0, 0.1) is 5.82 Å². The van der Waals surface area contributed by atoms with Crippen molar-refractivity contribution in [1.82, 2.24) is 24.4 Å². The van der Waals surface area contributed by atoms with Crippen LogP contribution in [-0.4, -0.2) is 47.1 Å². The highest BCUT2D eigenvalue weighted by Gasteiger charge is 2.34. The van der Waals surface area contributed by atoms with E-state index in [4.69, 9.17) is 11.6 Å². The summed E-state index contributed by atoms with van der Waals surface area (Å²) in [6, 6.07) is 3.64. The summed E-state index contributed by atoms with van der Waals surface area (Å²) in [6.45, 7) is 3.06. The molecule has 0 unspecified atom stereocenters. The molecule has 3 heterocycles. The predicted molar refractivity (Wildman–Crippen MR) is 93.9 cm³/mol. The minimum Gasteiger partial charge on any atom is -0.312 e. The number of benzene rings is 1. The van der Waals surface area contributed by atoms with Crippen molar-refractivity contribution < 1.29 is 12.8 Å². The van der Waals surface area contributed by atoms with Crippen LogP contribution in [0.5, 0.6) is 0 Å². The summed E-state index contributed by atoms with van der Waals surface area (Å²) in [4.78, 5) is -0.328. The Morgan fingerprint density at radius 2 is 1.96 bits per heavy atom. The van der Waals surface area contributed by atoms with Gasteiger partial charge in [-0.2, -0.15) is 4.31 Å². The van der Waals surface area contributed by atoms with Gasteiger partial charge in [0.05, 0.1) is 6.54 Å². The third kappa shape index (κ3) is 3.13. The molecule has 2 aliphatic rings. The topological polar surface area (TPSA) is 80.1 Å². The Labute approximate surface area is 156 Å². The Morgan fingerprint density at radius 3 is 2.69 bits per heavy atom. The zero-order valence-electron chi connectivity index (χ0n) is 14.0. The van der Waals surface area contributed by atoms with Gasteiger partial charge in [0.25, 0.3) is 0 Å². The van der Waals surface area contributed by atoms with Crippen LogP contribution in [0.4, 0.5) is 4.39 Å². The summed E-state index contributed by atoms with van der Waals surface area (Å²) in [5.74, 6) is 1.19. The lowest BCUT2D eigenvalue weighted by molar-refractivity contribution is 0.306. The quantitative estimate of drug-likeness (QED) is 0.850. The van der Waals surface area contributed by atoms with E-state index in [1.807, 2.05) is 0 Å². The van der Waals surface area contributed by atoms with Crippen molar-refractivity contribution in [1.29, 1.82) is 0 Å². The molecule has 1 fully saturated rings. The molecular formula is C16H19ClFN5O2S. The second-order valence-electron chi connectivity index (χ2n) is 6.56. The first-order chi connectivity index (χ1) is 12.5. The van der Waals surface area contributed by atoms with Gasteiger partial charge in [-0.25, -0.2) is 12.8 Å². The molecule has 26 heavy (non-hydrogen) atoms. The van der Waals surface area contributed by atoms with Crippen LogP contribution < -0.4 is 5.32 Å². The van der Waals surface area contributed by atoms with Gasteiger partial charge in [0.1, 0.15) is 22.4 Å². The molecular weight excluding hydrogens is 381 g/mol. The van der Waals surface area contributed by atoms with Gasteiger partial charge in [-0.15, -0.1) is 10.2 Å². The maximum Gasteiger partial charge on any atom is 0.245 e. The van der Waals surface area contributed by atoms with E-state index in [9.17, 15) is 12.8 Å². The highest BCUT2D eigenvalue weighted by molar-refractivity contribution is 7.89. The molecule has 0 atom stereocenters. The van der Waals surface area contributed by atoms with Crippen LogP contribution in [0.25, 0.3) is 0 Å². The zero-order chi connectivity index (χ0) is 18.3. The first-order valence-corrected chi connectivity index (χ1v) is 10.4. The van der Waals surface area contributed by atoms with Crippen molar-refractivity contribution in [3.63, 3.8) is 0 Å². The molecule has 10 heteroatoms. The Bertz CT molecular complexity index is 925. The van der Waals surface area contributed by atoms with Crippen LogP contribution >= 0.6 is 11.6 Å². The van der Waals surface area contributed by atoms with E-state index in [1.165, 1.54) is 16.4 Å². The number of hydrogen-bond acceptors (Lipinski definition) is 5. The lowest BCUT2D eigenvalue weighted by Gasteiger charge is -2.31. The SMILES string of the molecule is O=S(=O)(c1ccc(Cl)cc1F)N1CCC(c2nnc3n2CCNC3)CC1. The van der Waals surface area contributed by atoms with Gasteiger partial charge in [0.15, 0.2) is 0 Å². The number of sulfonamides is 1. The minimum atomic E-state index is -3.87. The fourth-order valence-corrected chi connectivity index (χ4v) is 5.27. The molecule has 1 aromatic heterocycles. The Kier molecular flexibility index (Phi) is 4.72. The third-order valence-electron chi connectivity index (χ3n) is 4.98. The molecule has 0 amide bonds. The minimum absolute atomic E-state index is 0.163. The highest BCUT2D eigenvalue weighted by atomic mass is 35.5. The Hall–Kier alpha value is -1.55. The van der Waals surface area contributed by atoms with E-state index < -0.39 is 15.8 Å². The Morgan fingerprint density at radius 1 is 1.19 bits per heavy atom. The van der Waals surface area contributed by atoms with Crippen LogP contribution in [0.1, 0.15) is 30.4 Å². The number of nitrogens with one attached hydrogen (secondary N) is 1. The van der Waals surface area contributed by atoms with Crippen molar-refractivity contribution in [2.75, 3.05) is 19.6 Å². The molecule has 1 aromatic carbocycles. The van der Waals surface area contributed by atoms with E-state index in [-0.39, 0.29) is 15.8 Å². The van der Waals surface area contributed by atoms with Crippen LogP contribution in [-0.2, 0) is 23.1 Å². The molecule has 4 rings (SSSR count). The summed E-state index contributed by atoms with van der Waals surface area (Å²) >= 11 is 5.72. The predicted octanol–water partition coefficient (Wildman–Crippen LogP) is 1.74. The molecule has 1 N–H and O–H groups in total. The summed E-state index contributed by atoms with van der Waals surface area (Å²) in [7, 11) is -3.87. The fraction of sp³-hybridized carbons (Fsp3) is 0.500. The van der Waals surface area contributed by atoms with E-state index >= 15 is 0 Å². The van der Waals surface area contributed by atoms with Crippen LogP contribution in [0.2, 0.25) is 5.02 Å². The highest BCUT2D eigenvalue weighted by Crippen LogP contribution is 2.31. The number of nitrogens with zero attached hydrogens (tertiary/aromatic N) is 4. The lowest BCUT2D eigenvalue weighted by atomic mass is 9.97. The summed E-state index contributed by atoms with van der Waals surface area (Å²) in [6.07, 6.45) is 1.28. The van der Waals surface area contributed by atoms with E-state index in [0.717, 1.165) is 30.8 Å². The molecule has 7 nitrogen and oxygen atoms in total. The second kappa shape index (κ2) is 6.88. The van der Waals surface area contributed by atoms with E-state index in [0.29, 0.717) is 32.5 Å². The van der Waals surface area contributed by atoms with Crippen LogP contribution in [0.3, 0.4) is 0 Å². The van der Waals surface area contributed by atoms with Gasteiger partial charge < -0.3 is 9.88 Å². The summed E-state index contributed by atoms with van der Waals surface area (Å²) in [5.41, 5.74) is 0. The molecule has 2 aromatic rings. The van der Waals surface area contributed by atoms with Crippen LogP contribution in [0.15, 0.2) is 23.1 Å². The maximum absolute atomic E-state index is 14.1. The normalized spacial score (nSPS) is 19.5. The number of rotatable bonds is 3. The molecule has 140 valence electrons. The standard InChI is InChI=1S/C16H19ClFN5O2S/c17-12-1-2-14(13(18)9-12)26(24,25)22-6-3-11(4-7-22)16-21-20-15-10-19-5-8-23(15)16/h1-2,9,11,19H,3-8,10H2. The van der Waals surface area contributed by atoms with Gasteiger partial charge in [0.2, 0.25) is 10.0 Å². The molecule has 0 bridgehead atoms. The third-order valence-corrected chi connectivity index (χ3v) is 7.15. The monoisotopic (exact) mass is 399 g/mol. The van der Waals surface area contributed by atoms with Gasteiger partial charge in [-0.3, -0.25) is 0 Å². The fourth-order valence-electron chi connectivity index (χ4n) is 3.59. The van der Waals surface area contributed by atoms with Gasteiger partial charge in [-0.1, -0.05) is 11.6 Å². The summed E-state index contributed by atoms with van der Waals surface area (Å²) < 4.78 is 43.0. The number of hydrogen-bond donors (Lipinski definition) is 1. The van der Waals surface area contributed by atoms with Gasteiger partial charge in [-0.05, 0) is 31.0 Å². The Balaban J connectivity index is 1.50. The number of fused-ring (bicyclic) bond motifs is 1. The average molecular weight is 400 g/mol. The largest absolute Gasteiger partial charge is 0.312 e. The molecule has 1 saturated heterocycles. The molecule has 0 radical (unpaired) electrons. The van der Waals surface area contributed by atoms with Crippen molar-refractivity contribution in [3.05, 3.63) is 40.7 Å². The second-order valence-corrected chi connectivity index (χ2v) is 8.90. The molecule has 0 aliphatic carbocycles. The van der Waals surface area contributed by atoms with Crippen molar-refractivity contribution in [2.24, 2.45) is 0 Å². The zero-order valence-corrected chi connectivity index (χ0v) is 15.6. The lowest BCUT2D eigenvalue weighted by Crippen LogP contribution is -2.39. The molecule has 0 spiro atoms. The number of halogens is 2. The van der Waals surface area contributed by atoms with Crippen molar-refractivity contribution in [3.8, 4) is 0 Å². The van der Waals surface area contributed by atoms with E-state index in [2.05, 4.69) is 20.1 Å². The van der Waals surface area contributed by atoms with Gasteiger partial charge in [0, 0.05) is 37.1 Å². The van der Waals surface area contributed by atoms with Crippen molar-refractivity contribution >= 4 is 21.6 Å². The smallest absolute Gasteiger partial charge is 0.245 e. The van der Waals surface area contributed by atoms with Crippen molar-refractivity contribution in [2.45, 2.75) is 36.7 Å². The number of piperidine rings is 1. The maximum atomic E-state index is 14.1. The first-order valence-electron chi connectivity index (χ1n) is 8.54. The van der Waals surface area contributed by atoms with E-state index in [1.54, 1.807) is 0 Å². The van der Waals surface area contributed by atoms with Gasteiger partial charge >= 0.3 is 0 Å². The molecule has 0 saturated carbocycles.